The monoisotopic (exact) mass is 376 g/mol. The summed E-state index contributed by atoms with van der Waals surface area (Å²) in [7, 11) is 0. The van der Waals surface area contributed by atoms with Crippen LogP contribution in [0.3, 0.4) is 0 Å². The molecule has 0 spiro atoms. The zero-order valence-corrected chi connectivity index (χ0v) is 14.1. The number of anilines is 2. The van der Waals surface area contributed by atoms with E-state index in [2.05, 4.69) is 21.2 Å². The van der Waals surface area contributed by atoms with Crippen molar-refractivity contribution in [1.82, 2.24) is 0 Å². The highest BCUT2D eigenvalue weighted by Gasteiger charge is 2.40. The first-order valence-electron chi connectivity index (χ1n) is 6.68. The van der Waals surface area contributed by atoms with Crippen LogP contribution in [0.4, 0.5) is 16.2 Å². The van der Waals surface area contributed by atoms with Gasteiger partial charge in [0.2, 0.25) is 0 Å². The molecule has 1 atom stereocenters. The lowest BCUT2D eigenvalue weighted by Crippen LogP contribution is -2.34. The molecule has 1 saturated heterocycles. The van der Waals surface area contributed by atoms with Crippen LogP contribution >= 0.6 is 27.7 Å². The number of rotatable bonds is 3. The van der Waals surface area contributed by atoms with Gasteiger partial charge in [0, 0.05) is 10.2 Å². The van der Waals surface area contributed by atoms with Gasteiger partial charge in [0.25, 0.3) is 11.1 Å². The summed E-state index contributed by atoms with van der Waals surface area (Å²) in [6, 6.07) is 14.9. The van der Waals surface area contributed by atoms with Crippen LogP contribution in [0.1, 0.15) is 5.56 Å². The summed E-state index contributed by atoms with van der Waals surface area (Å²) in [5.41, 5.74) is 2.42. The van der Waals surface area contributed by atoms with Crippen LogP contribution < -0.4 is 10.2 Å². The molecular formula is C16H13BrN2O2S. The minimum atomic E-state index is -0.603. The molecule has 3 rings (SSSR count). The second-order valence-electron chi connectivity index (χ2n) is 4.93. The third-order valence-electron chi connectivity index (χ3n) is 3.25. The van der Waals surface area contributed by atoms with Gasteiger partial charge in [0.15, 0.2) is 5.37 Å². The van der Waals surface area contributed by atoms with Gasteiger partial charge in [-0.15, -0.1) is 0 Å². The van der Waals surface area contributed by atoms with E-state index in [0.29, 0.717) is 5.69 Å². The molecule has 6 heteroatoms. The van der Waals surface area contributed by atoms with Crippen molar-refractivity contribution in [2.75, 3.05) is 10.2 Å². The molecule has 0 radical (unpaired) electrons. The second kappa shape index (κ2) is 6.14. The Bertz CT molecular complexity index is 733. The minimum absolute atomic E-state index is 0.247. The van der Waals surface area contributed by atoms with Crippen LogP contribution in [-0.4, -0.2) is 16.5 Å². The lowest BCUT2D eigenvalue weighted by Gasteiger charge is -2.15. The average molecular weight is 377 g/mol. The van der Waals surface area contributed by atoms with E-state index in [9.17, 15) is 9.59 Å². The van der Waals surface area contributed by atoms with Gasteiger partial charge in [-0.2, -0.15) is 0 Å². The van der Waals surface area contributed by atoms with Gasteiger partial charge in [0.05, 0.1) is 5.69 Å². The maximum Gasteiger partial charge on any atom is 0.295 e. The quantitative estimate of drug-likeness (QED) is 0.862. The fraction of sp³-hybridized carbons (Fsp3) is 0.125. The van der Waals surface area contributed by atoms with E-state index >= 15 is 0 Å². The molecule has 0 aliphatic carbocycles. The van der Waals surface area contributed by atoms with Crippen molar-refractivity contribution in [2.24, 2.45) is 0 Å². The number of carbonyl (C=O) groups excluding carboxylic acids is 2. The van der Waals surface area contributed by atoms with E-state index in [1.807, 2.05) is 49.4 Å². The number of benzene rings is 2. The van der Waals surface area contributed by atoms with Gasteiger partial charge in [0.1, 0.15) is 0 Å². The first-order valence-corrected chi connectivity index (χ1v) is 8.35. The Morgan fingerprint density at radius 2 is 1.86 bits per heavy atom. The Morgan fingerprint density at radius 3 is 2.55 bits per heavy atom. The summed E-state index contributed by atoms with van der Waals surface area (Å²) >= 11 is 4.36. The SMILES string of the molecule is Cc1cccc(N2C(=O)SC(Nc3ccc(Br)cc3)C2=O)c1. The third kappa shape index (κ3) is 3.03. The predicted molar refractivity (Wildman–Crippen MR) is 93.2 cm³/mol. The third-order valence-corrected chi connectivity index (χ3v) is 4.72. The normalized spacial score (nSPS) is 17.9. The number of imide groups is 1. The van der Waals surface area contributed by atoms with Crippen LogP contribution in [0, 0.1) is 6.92 Å². The molecule has 4 nitrogen and oxygen atoms in total. The Morgan fingerprint density at radius 1 is 1.14 bits per heavy atom. The minimum Gasteiger partial charge on any atom is -0.365 e. The lowest BCUT2D eigenvalue weighted by molar-refractivity contribution is -0.116. The number of hydrogen-bond donors (Lipinski definition) is 1. The Kier molecular flexibility index (Phi) is 4.22. The van der Waals surface area contributed by atoms with E-state index < -0.39 is 5.37 Å². The van der Waals surface area contributed by atoms with Crippen molar-refractivity contribution in [3.05, 3.63) is 58.6 Å². The van der Waals surface area contributed by atoms with Crippen LogP contribution in [0.15, 0.2) is 53.0 Å². The standard InChI is InChI=1S/C16H13BrN2O2S/c1-10-3-2-4-13(9-10)19-15(20)14(22-16(19)21)18-12-7-5-11(17)6-8-12/h2-9,14,18H,1H3. The summed E-state index contributed by atoms with van der Waals surface area (Å²) in [5.74, 6) is -0.247. The molecule has 2 amide bonds. The lowest BCUT2D eigenvalue weighted by atomic mass is 10.2. The van der Waals surface area contributed by atoms with Gasteiger partial charge in [-0.3, -0.25) is 9.59 Å². The number of nitrogens with zero attached hydrogens (tertiary/aromatic N) is 1. The molecule has 1 fully saturated rings. The Labute approximate surface area is 141 Å². The molecule has 112 valence electrons. The molecule has 1 heterocycles. The number of amides is 2. The predicted octanol–water partition coefficient (Wildman–Crippen LogP) is 4.40. The smallest absolute Gasteiger partial charge is 0.295 e. The summed E-state index contributed by atoms with van der Waals surface area (Å²) in [6.07, 6.45) is 0. The number of carbonyl (C=O) groups is 2. The van der Waals surface area contributed by atoms with Crippen molar-refractivity contribution in [3.63, 3.8) is 0 Å². The highest BCUT2D eigenvalue weighted by Crippen LogP contribution is 2.32. The van der Waals surface area contributed by atoms with E-state index in [-0.39, 0.29) is 11.1 Å². The molecule has 1 aliphatic rings. The van der Waals surface area contributed by atoms with Gasteiger partial charge in [-0.05, 0) is 60.6 Å². The zero-order valence-electron chi connectivity index (χ0n) is 11.7. The van der Waals surface area contributed by atoms with Crippen LogP contribution in [-0.2, 0) is 4.79 Å². The molecule has 1 N–H and O–H groups in total. The highest BCUT2D eigenvalue weighted by atomic mass is 79.9. The van der Waals surface area contributed by atoms with Crippen LogP contribution in [0.5, 0.6) is 0 Å². The molecule has 22 heavy (non-hydrogen) atoms. The maximum atomic E-state index is 12.5. The fourth-order valence-corrected chi connectivity index (χ4v) is 3.37. The highest BCUT2D eigenvalue weighted by molar-refractivity contribution is 9.10. The van der Waals surface area contributed by atoms with Crippen molar-refractivity contribution >= 4 is 50.2 Å². The van der Waals surface area contributed by atoms with E-state index in [0.717, 1.165) is 27.5 Å². The largest absolute Gasteiger partial charge is 0.365 e. The molecule has 2 aromatic rings. The Balaban J connectivity index is 1.81. The van der Waals surface area contributed by atoms with E-state index in [1.54, 1.807) is 6.07 Å². The van der Waals surface area contributed by atoms with Crippen LogP contribution in [0.25, 0.3) is 0 Å². The summed E-state index contributed by atoms with van der Waals surface area (Å²) < 4.78 is 0.959. The number of halogens is 1. The van der Waals surface area contributed by atoms with Crippen LogP contribution in [0.2, 0.25) is 0 Å². The summed E-state index contributed by atoms with van der Waals surface area (Å²) in [6.45, 7) is 1.93. The number of aryl methyl sites for hydroxylation is 1. The first kappa shape index (κ1) is 15.1. The fourth-order valence-electron chi connectivity index (χ4n) is 2.20. The zero-order chi connectivity index (χ0) is 15.7. The van der Waals surface area contributed by atoms with E-state index in [1.165, 1.54) is 4.90 Å². The van der Waals surface area contributed by atoms with Gasteiger partial charge in [-0.25, -0.2) is 4.90 Å². The molecular weight excluding hydrogens is 364 g/mol. The van der Waals surface area contributed by atoms with Crippen molar-refractivity contribution in [1.29, 1.82) is 0 Å². The number of nitrogens with one attached hydrogen (secondary N) is 1. The molecule has 1 aliphatic heterocycles. The maximum absolute atomic E-state index is 12.5. The van der Waals surface area contributed by atoms with Gasteiger partial charge in [-0.1, -0.05) is 28.1 Å². The summed E-state index contributed by atoms with van der Waals surface area (Å²) in [4.78, 5) is 25.9. The second-order valence-corrected chi connectivity index (χ2v) is 6.90. The van der Waals surface area contributed by atoms with Crippen molar-refractivity contribution in [3.8, 4) is 0 Å². The van der Waals surface area contributed by atoms with Gasteiger partial charge >= 0.3 is 0 Å². The van der Waals surface area contributed by atoms with Crippen molar-refractivity contribution < 1.29 is 9.59 Å². The van der Waals surface area contributed by atoms with Gasteiger partial charge < -0.3 is 5.32 Å². The average Bonchev–Trinajstić information content (AvgIpc) is 2.76. The Hall–Kier alpha value is -1.79. The summed E-state index contributed by atoms with van der Waals surface area (Å²) in [5, 5.41) is 2.23. The molecule has 1 unspecified atom stereocenters. The number of thioether (sulfide) groups is 1. The first-order chi connectivity index (χ1) is 10.5. The topological polar surface area (TPSA) is 49.4 Å². The molecule has 2 aromatic carbocycles. The molecule has 0 aromatic heterocycles. The molecule has 0 saturated carbocycles. The van der Waals surface area contributed by atoms with E-state index in [4.69, 9.17) is 0 Å². The van der Waals surface area contributed by atoms with Crippen molar-refractivity contribution in [2.45, 2.75) is 12.3 Å². The molecule has 0 bridgehead atoms. The number of hydrogen-bond acceptors (Lipinski definition) is 4.